The first-order valence-electron chi connectivity index (χ1n) is 12.4. The summed E-state index contributed by atoms with van der Waals surface area (Å²) in [6, 6.07) is 8.96. The molecular weight excluding hydrogens is 545 g/mol. The Labute approximate surface area is 239 Å². The number of esters is 1. The lowest BCUT2D eigenvalue weighted by Gasteiger charge is -2.39. The van der Waals surface area contributed by atoms with Gasteiger partial charge in [0.2, 0.25) is 11.7 Å². The van der Waals surface area contributed by atoms with Crippen molar-refractivity contribution in [2.45, 2.75) is 67.5 Å². The van der Waals surface area contributed by atoms with E-state index in [2.05, 4.69) is 0 Å². The van der Waals surface area contributed by atoms with Crippen molar-refractivity contribution in [1.29, 1.82) is 0 Å². The van der Waals surface area contributed by atoms with E-state index in [0.29, 0.717) is 10.6 Å². The van der Waals surface area contributed by atoms with Crippen molar-refractivity contribution < 1.29 is 33.8 Å². The molecule has 0 atom stereocenters. The summed E-state index contributed by atoms with van der Waals surface area (Å²) in [5, 5.41) is 10.1. The average molecular weight is 581 g/mol. The molecular formula is C29H35Cl2NO7. The van der Waals surface area contributed by atoms with Gasteiger partial charge < -0.3 is 19.5 Å². The lowest BCUT2D eigenvalue weighted by Crippen LogP contribution is -2.44. The maximum Gasteiger partial charge on any atom is 0.375 e. The third kappa shape index (κ3) is 8.70. The van der Waals surface area contributed by atoms with Crippen molar-refractivity contribution in [2.75, 3.05) is 11.5 Å². The van der Waals surface area contributed by atoms with Gasteiger partial charge in [0, 0.05) is 11.8 Å². The van der Waals surface area contributed by atoms with E-state index < -0.39 is 47.0 Å². The van der Waals surface area contributed by atoms with Crippen LogP contribution in [-0.4, -0.2) is 41.4 Å². The number of carboxylic acids is 1. The van der Waals surface area contributed by atoms with Gasteiger partial charge in [-0.05, 0) is 47.6 Å². The van der Waals surface area contributed by atoms with Gasteiger partial charge in [0.15, 0.2) is 0 Å². The van der Waals surface area contributed by atoms with Crippen LogP contribution in [0.4, 0.5) is 5.69 Å². The maximum absolute atomic E-state index is 13.5. The molecule has 0 radical (unpaired) electrons. The van der Waals surface area contributed by atoms with E-state index in [9.17, 15) is 24.3 Å². The van der Waals surface area contributed by atoms with Gasteiger partial charge in [-0.3, -0.25) is 9.59 Å². The Morgan fingerprint density at radius 2 is 1.54 bits per heavy atom. The second-order valence-corrected chi connectivity index (χ2v) is 12.1. The highest BCUT2D eigenvalue weighted by Gasteiger charge is 2.39. The van der Waals surface area contributed by atoms with Gasteiger partial charge in [0.25, 0.3) is 0 Å². The fourth-order valence-corrected chi connectivity index (χ4v) is 4.73. The second kappa shape index (κ2) is 12.8. The van der Waals surface area contributed by atoms with Gasteiger partial charge in [0.05, 0.1) is 29.6 Å². The number of anilines is 1. The Balaban J connectivity index is 2.42. The second-order valence-electron chi connectivity index (χ2n) is 11.3. The topological polar surface area (TPSA) is 110 Å². The largest absolute Gasteiger partial charge is 0.493 e. The van der Waals surface area contributed by atoms with Gasteiger partial charge >= 0.3 is 11.9 Å². The van der Waals surface area contributed by atoms with Crippen molar-refractivity contribution in [3.63, 3.8) is 0 Å². The van der Waals surface area contributed by atoms with Gasteiger partial charge in [-0.2, -0.15) is 0 Å². The summed E-state index contributed by atoms with van der Waals surface area (Å²) in [6.45, 7) is 13.3. The van der Waals surface area contributed by atoms with Crippen LogP contribution in [0.3, 0.4) is 0 Å². The highest BCUT2D eigenvalue weighted by atomic mass is 35.5. The highest BCUT2D eigenvalue weighted by Crippen LogP contribution is 2.36. The molecule has 1 N–H and O–H groups in total. The number of halogens is 2. The number of hydrogen-bond acceptors (Lipinski definition) is 6. The van der Waals surface area contributed by atoms with E-state index in [-0.39, 0.29) is 35.2 Å². The number of aromatic carboxylic acids is 1. The number of nitrogens with zero attached hydrogens (tertiary/aromatic N) is 1. The number of ether oxygens (including phenoxy) is 2. The molecule has 39 heavy (non-hydrogen) atoms. The predicted octanol–water partition coefficient (Wildman–Crippen LogP) is 6.59. The summed E-state index contributed by atoms with van der Waals surface area (Å²) in [5.41, 5.74) is -0.117. The number of rotatable bonds is 10. The Bertz CT molecular complexity index is 1230. The maximum atomic E-state index is 13.5. The molecule has 0 aromatic heterocycles. The standard InChI is InChI=1S/C29H35Cl2NO7/c1-8-38-23-14-18(10-11-19(23)25(35)36)32(16-17-9-12-20(30)21(31)13-17)24(34)15-22(33)26(37)39-27(28(2,3)4)29(5,6)7/h9-14,27H,8,15-16H2,1-7H3,(H,35,36). The fourth-order valence-electron chi connectivity index (χ4n) is 4.40. The number of ketones is 1. The Morgan fingerprint density at radius 3 is 2.05 bits per heavy atom. The van der Waals surface area contributed by atoms with E-state index in [4.69, 9.17) is 32.7 Å². The first-order chi connectivity index (χ1) is 17.9. The molecule has 1 amide bonds. The molecule has 8 nitrogen and oxygen atoms in total. The summed E-state index contributed by atoms with van der Waals surface area (Å²) in [6.07, 6.45) is -1.34. The van der Waals surface area contributed by atoms with Crippen LogP contribution < -0.4 is 9.64 Å². The molecule has 0 spiro atoms. The third-order valence-corrected chi connectivity index (χ3v) is 6.51. The molecule has 10 heteroatoms. The molecule has 0 aliphatic rings. The van der Waals surface area contributed by atoms with Crippen molar-refractivity contribution in [2.24, 2.45) is 10.8 Å². The van der Waals surface area contributed by atoms with Crippen molar-refractivity contribution in [3.05, 3.63) is 57.6 Å². The summed E-state index contributed by atoms with van der Waals surface area (Å²) in [5.74, 6) is -3.93. The Hall–Kier alpha value is -3.10. The van der Waals surface area contributed by atoms with Crippen LogP contribution in [-0.2, 0) is 25.7 Å². The molecule has 0 heterocycles. The summed E-state index contributed by atoms with van der Waals surface area (Å²) in [7, 11) is 0. The molecule has 0 unspecified atom stereocenters. The number of Topliss-reactive ketones (excluding diaryl/α,β-unsaturated/α-hetero) is 1. The molecule has 2 aromatic rings. The molecule has 0 saturated heterocycles. The van der Waals surface area contributed by atoms with Crippen LogP contribution in [0.1, 0.15) is 70.8 Å². The predicted molar refractivity (Wildman–Crippen MR) is 151 cm³/mol. The van der Waals surface area contributed by atoms with E-state index >= 15 is 0 Å². The number of amides is 1. The van der Waals surface area contributed by atoms with Crippen LogP contribution in [0.5, 0.6) is 5.75 Å². The monoisotopic (exact) mass is 579 g/mol. The SMILES string of the molecule is CCOc1cc(N(Cc2ccc(Cl)c(Cl)c2)C(=O)CC(=O)C(=O)OC(C(C)(C)C)C(C)(C)C)ccc1C(=O)O. The van der Waals surface area contributed by atoms with Gasteiger partial charge in [-0.1, -0.05) is 70.8 Å². The minimum Gasteiger partial charge on any atom is -0.493 e. The fraction of sp³-hybridized carbons (Fsp3) is 0.448. The number of hydrogen-bond donors (Lipinski definition) is 1. The molecule has 0 bridgehead atoms. The summed E-state index contributed by atoms with van der Waals surface area (Å²) >= 11 is 12.2. The average Bonchev–Trinajstić information content (AvgIpc) is 2.81. The molecule has 0 saturated carbocycles. The number of benzene rings is 2. The Morgan fingerprint density at radius 1 is 0.923 bits per heavy atom. The van der Waals surface area contributed by atoms with E-state index in [1.54, 1.807) is 25.1 Å². The van der Waals surface area contributed by atoms with Crippen molar-refractivity contribution in [3.8, 4) is 5.75 Å². The third-order valence-electron chi connectivity index (χ3n) is 5.77. The minimum absolute atomic E-state index is 0.0390. The summed E-state index contributed by atoms with van der Waals surface area (Å²) in [4.78, 5) is 52.0. The highest BCUT2D eigenvalue weighted by molar-refractivity contribution is 6.42. The number of carboxylic acid groups (broad SMARTS) is 1. The van der Waals surface area contributed by atoms with Gasteiger partial charge in [0.1, 0.15) is 17.4 Å². The van der Waals surface area contributed by atoms with E-state index in [1.807, 2.05) is 41.5 Å². The van der Waals surface area contributed by atoms with Crippen LogP contribution in [0.2, 0.25) is 10.0 Å². The zero-order valence-corrected chi connectivity index (χ0v) is 24.8. The molecule has 2 rings (SSSR count). The van der Waals surface area contributed by atoms with Crippen molar-refractivity contribution >= 4 is 52.5 Å². The van der Waals surface area contributed by atoms with Crippen LogP contribution >= 0.6 is 23.2 Å². The number of carbonyl (C=O) groups is 4. The molecule has 212 valence electrons. The van der Waals surface area contributed by atoms with Crippen LogP contribution in [0, 0.1) is 10.8 Å². The Kier molecular flexibility index (Phi) is 10.6. The van der Waals surface area contributed by atoms with Crippen LogP contribution in [0.25, 0.3) is 0 Å². The zero-order valence-electron chi connectivity index (χ0n) is 23.3. The molecule has 2 aromatic carbocycles. The minimum atomic E-state index is -1.20. The van der Waals surface area contributed by atoms with Gasteiger partial charge in [-0.15, -0.1) is 0 Å². The first kappa shape index (κ1) is 32.1. The normalized spacial score (nSPS) is 11.7. The lowest BCUT2D eigenvalue weighted by atomic mass is 9.74. The molecule has 0 aliphatic carbocycles. The quantitative estimate of drug-likeness (QED) is 0.192. The molecule has 0 fully saturated rings. The van der Waals surface area contributed by atoms with Crippen LogP contribution in [0.15, 0.2) is 36.4 Å². The lowest BCUT2D eigenvalue weighted by molar-refractivity contribution is -0.169. The van der Waals surface area contributed by atoms with Gasteiger partial charge in [-0.25, -0.2) is 9.59 Å². The van der Waals surface area contributed by atoms with Crippen molar-refractivity contribution in [1.82, 2.24) is 0 Å². The summed E-state index contributed by atoms with van der Waals surface area (Å²) < 4.78 is 11.1. The number of carbonyl (C=O) groups excluding carboxylic acids is 3. The first-order valence-corrected chi connectivity index (χ1v) is 13.2. The van der Waals surface area contributed by atoms with E-state index in [0.717, 1.165) is 0 Å². The van der Waals surface area contributed by atoms with E-state index in [1.165, 1.54) is 23.1 Å². The molecule has 0 aliphatic heterocycles. The zero-order chi connectivity index (χ0) is 29.7. The smallest absolute Gasteiger partial charge is 0.375 e.